The van der Waals surface area contributed by atoms with Crippen molar-refractivity contribution in [3.63, 3.8) is 0 Å². The van der Waals surface area contributed by atoms with Gasteiger partial charge >= 0.3 is 0 Å². The van der Waals surface area contributed by atoms with Crippen LogP contribution in [-0.2, 0) is 10.0 Å². The molecular weight excluding hydrogens is 334 g/mol. The van der Waals surface area contributed by atoms with Crippen LogP contribution in [0.2, 0.25) is 5.02 Å². The van der Waals surface area contributed by atoms with Crippen LogP contribution < -0.4 is 9.46 Å². The van der Waals surface area contributed by atoms with Gasteiger partial charge in [-0.1, -0.05) is 43.6 Å². The molecule has 0 radical (unpaired) electrons. The van der Waals surface area contributed by atoms with Crippen LogP contribution in [0.5, 0.6) is 5.75 Å². The monoisotopic (exact) mass is 353 g/mol. The quantitative estimate of drug-likeness (QED) is 0.855. The summed E-state index contributed by atoms with van der Waals surface area (Å²) in [4.78, 5) is 0.0984. The number of halogens is 1. The first kappa shape index (κ1) is 17.6. The summed E-state index contributed by atoms with van der Waals surface area (Å²) in [5, 5.41) is 0.254. The number of para-hydroxylation sites is 1. The molecule has 0 heterocycles. The van der Waals surface area contributed by atoms with Gasteiger partial charge in [-0.2, -0.15) is 0 Å². The fraction of sp³-hybridized carbons (Fsp3) is 0.294. The van der Waals surface area contributed by atoms with E-state index in [9.17, 15) is 8.42 Å². The lowest BCUT2D eigenvalue weighted by molar-refractivity contribution is 0.414. The Hall–Kier alpha value is -1.72. The van der Waals surface area contributed by atoms with Gasteiger partial charge in [-0.15, -0.1) is 0 Å². The van der Waals surface area contributed by atoms with Gasteiger partial charge in [-0.3, -0.25) is 4.72 Å². The lowest BCUT2D eigenvalue weighted by atomic mass is 9.99. The second kappa shape index (κ2) is 6.81. The minimum absolute atomic E-state index is 0.0984. The fourth-order valence-electron chi connectivity index (χ4n) is 2.32. The number of hydrogen-bond acceptors (Lipinski definition) is 3. The highest BCUT2D eigenvalue weighted by Crippen LogP contribution is 2.31. The zero-order valence-corrected chi connectivity index (χ0v) is 15.1. The van der Waals surface area contributed by atoms with Crippen molar-refractivity contribution < 1.29 is 13.2 Å². The van der Waals surface area contributed by atoms with Crippen LogP contribution in [-0.4, -0.2) is 15.5 Å². The number of anilines is 1. The molecule has 1 N–H and O–H groups in total. The molecule has 0 aliphatic heterocycles. The fourth-order valence-corrected chi connectivity index (χ4v) is 3.83. The van der Waals surface area contributed by atoms with Gasteiger partial charge in [0.25, 0.3) is 10.0 Å². The maximum absolute atomic E-state index is 12.7. The predicted octanol–water partition coefficient (Wildman–Crippen LogP) is 4.58. The molecule has 0 amide bonds. The summed E-state index contributed by atoms with van der Waals surface area (Å²) in [5.41, 5.74) is 2.45. The summed E-state index contributed by atoms with van der Waals surface area (Å²) >= 11 is 6.03. The molecule has 2 aromatic rings. The third kappa shape index (κ3) is 3.79. The Morgan fingerprint density at radius 2 is 1.87 bits per heavy atom. The zero-order valence-electron chi connectivity index (χ0n) is 13.6. The van der Waals surface area contributed by atoms with Gasteiger partial charge in [0, 0.05) is 0 Å². The molecule has 0 saturated heterocycles. The number of aryl methyl sites for hydroxylation is 1. The Balaban J connectivity index is 2.45. The average Bonchev–Trinajstić information content (AvgIpc) is 2.48. The van der Waals surface area contributed by atoms with Gasteiger partial charge < -0.3 is 4.74 Å². The first-order valence-electron chi connectivity index (χ1n) is 7.22. The van der Waals surface area contributed by atoms with Crippen molar-refractivity contribution in [1.82, 2.24) is 0 Å². The maximum atomic E-state index is 12.7. The van der Waals surface area contributed by atoms with E-state index in [1.54, 1.807) is 0 Å². The normalized spacial score (nSPS) is 11.6. The molecule has 0 atom stereocenters. The van der Waals surface area contributed by atoms with Crippen molar-refractivity contribution in [1.29, 1.82) is 0 Å². The summed E-state index contributed by atoms with van der Waals surface area (Å²) in [6.45, 7) is 5.93. The molecule has 6 heteroatoms. The van der Waals surface area contributed by atoms with Crippen molar-refractivity contribution in [2.75, 3.05) is 11.8 Å². The first-order valence-corrected chi connectivity index (χ1v) is 9.08. The Morgan fingerprint density at radius 3 is 2.43 bits per heavy atom. The molecule has 0 aliphatic carbocycles. The van der Waals surface area contributed by atoms with Gasteiger partial charge in [-0.25, -0.2) is 8.42 Å². The first-order chi connectivity index (χ1) is 10.8. The van der Waals surface area contributed by atoms with Gasteiger partial charge in [0.2, 0.25) is 0 Å². The van der Waals surface area contributed by atoms with E-state index in [1.165, 1.54) is 25.3 Å². The van der Waals surface area contributed by atoms with Crippen LogP contribution in [0, 0.1) is 6.92 Å². The van der Waals surface area contributed by atoms with Crippen LogP contribution >= 0.6 is 11.6 Å². The van der Waals surface area contributed by atoms with Gasteiger partial charge in [0.05, 0.1) is 22.7 Å². The number of sulfonamides is 1. The van der Waals surface area contributed by atoms with Crippen molar-refractivity contribution in [3.05, 3.63) is 52.5 Å². The molecule has 0 spiro atoms. The van der Waals surface area contributed by atoms with E-state index in [1.807, 2.05) is 39.0 Å². The SMILES string of the molecule is COc1ccc(S(=O)(=O)Nc2c(C)cccc2C(C)C)cc1Cl. The molecule has 124 valence electrons. The van der Waals surface area contributed by atoms with Crippen LogP contribution in [0.1, 0.15) is 30.9 Å². The number of ether oxygens (including phenoxy) is 1. The second-order valence-electron chi connectivity index (χ2n) is 5.60. The molecule has 0 fully saturated rings. The number of methoxy groups -OCH3 is 1. The molecule has 0 unspecified atom stereocenters. The van der Waals surface area contributed by atoms with E-state index in [-0.39, 0.29) is 15.8 Å². The van der Waals surface area contributed by atoms with Crippen molar-refractivity contribution in [2.24, 2.45) is 0 Å². The topological polar surface area (TPSA) is 55.4 Å². The zero-order chi connectivity index (χ0) is 17.2. The van der Waals surface area contributed by atoms with E-state index in [0.29, 0.717) is 11.4 Å². The van der Waals surface area contributed by atoms with Crippen LogP contribution in [0.4, 0.5) is 5.69 Å². The Labute approximate surface area is 142 Å². The largest absolute Gasteiger partial charge is 0.495 e. The molecule has 23 heavy (non-hydrogen) atoms. The average molecular weight is 354 g/mol. The van der Waals surface area contributed by atoms with Crippen LogP contribution in [0.15, 0.2) is 41.3 Å². The summed E-state index contributed by atoms with van der Waals surface area (Å²) in [6, 6.07) is 10.1. The summed E-state index contributed by atoms with van der Waals surface area (Å²) in [7, 11) is -2.25. The van der Waals surface area contributed by atoms with Gasteiger partial charge in [0.1, 0.15) is 5.75 Å². The van der Waals surface area contributed by atoms with E-state index < -0.39 is 10.0 Å². The van der Waals surface area contributed by atoms with E-state index in [0.717, 1.165) is 11.1 Å². The van der Waals surface area contributed by atoms with Gasteiger partial charge in [-0.05, 0) is 42.2 Å². The van der Waals surface area contributed by atoms with Crippen LogP contribution in [0.3, 0.4) is 0 Å². The van der Waals surface area contributed by atoms with Crippen molar-refractivity contribution >= 4 is 27.3 Å². The lowest BCUT2D eigenvalue weighted by Gasteiger charge is -2.17. The summed E-state index contributed by atoms with van der Waals surface area (Å²) < 4.78 is 33.1. The Bertz CT molecular complexity index is 817. The second-order valence-corrected chi connectivity index (χ2v) is 7.69. The van der Waals surface area contributed by atoms with E-state index in [2.05, 4.69) is 4.72 Å². The summed E-state index contributed by atoms with van der Waals surface area (Å²) in [5.74, 6) is 0.636. The molecule has 0 aromatic heterocycles. The van der Waals surface area contributed by atoms with Crippen LogP contribution in [0.25, 0.3) is 0 Å². The Kier molecular flexibility index (Phi) is 5.22. The van der Waals surface area contributed by atoms with E-state index in [4.69, 9.17) is 16.3 Å². The standard InChI is InChI=1S/C17H20ClNO3S/c1-11(2)14-7-5-6-12(3)17(14)19-23(20,21)13-8-9-16(22-4)15(18)10-13/h5-11,19H,1-4H3. The molecule has 2 rings (SSSR count). The minimum Gasteiger partial charge on any atom is -0.495 e. The number of rotatable bonds is 5. The smallest absolute Gasteiger partial charge is 0.261 e. The predicted molar refractivity (Wildman–Crippen MR) is 94.1 cm³/mol. The molecular formula is C17H20ClNO3S. The maximum Gasteiger partial charge on any atom is 0.261 e. The number of nitrogens with one attached hydrogen (secondary N) is 1. The molecule has 4 nitrogen and oxygen atoms in total. The highest BCUT2D eigenvalue weighted by Gasteiger charge is 2.19. The molecule has 0 aliphatic rings. The third-order valence-corrected chi connectivity index (χ3v) is 5.24. The van der Waals surface area contributed by atoms with Crippen molar-refractivity contribution in [3.8, 4) is 5.75 Å². The molecule has 0 bridgehead atoms. The van der Waals surface area contributed by atoms with Gasteiger partial charge in [0.15, 0.2) is 0 Å². The van der Waals surface area contributed by atoms with Crippen molar-refractivity contribution in [2.45, 2.75) is 31.6 Å². The highest BCUT2D eigenvalue weighted by atomic mass is 35.5. The number of hydrogen-bond donors (Lipinski definition) is 1. The van der Waals surface area contributed by atoms with E-state index >= 15 is 0 Å². The molecule has 0 saturated carbocycles. The summed E-state index contributed by atoms with van der Waals surface area (Å²) in [6.07, 6.45) is 0. The highest BCUT2D eigenvalue weighted by molar-refractivity contribution is 7.92. The Morgan fingerprint density at radius 1 is 1.17 bits per heavy atom. The minimum atomic E-state index is -3.73. The third-order valence-electron chi connectivity index (χ3n) is 3.60. The molecule has 2 aromatic carbocycles. The number of benzene rings is 2. The lowest BCUT2D eigenvalue weighted by Crippen LogP contribution is -2.15.